The molecule has 1 unspecified atom stereocenters. The lowest BCUT2D eigenvalue weighted by Crippen LogP contribution is -2.20. The van der Waals surface area contributed by atoms with Crippen LogP contribution in [0.5, 0.6) is 0 Å². The maximum Gasteiger partial charge on any atom is 0.220 e. The molecule has 0 aromatic heterocycles. The lowest BCUT2D eigenvalue weighted by atomic mass is 10.0. The van der Waals surface area contributed by atoms with Crippen LogP contribution in [-0.2, 0) is 4.79 Å². The van der Waals surface area contributed by atoms with Crippen molar-refractivity contribution in [1.29, 1.82) is 0 Å². The van der Waals surface area contributed by atoms with Gasteiger partial charge in [-0.2, -0.15) is 0 Å². The maximum atomic E-state index is 10.6. The Labute approximate surface area is 68.5 Å². The SMILES string of the molecule is CC(C)=CCCC(C)C(N)=O. The van der Waals surface area contributed by atoms with E-state index in [1.54, 1.807) is 0 Å². The van der Waals surface area contributed by atoms with Gasteiger partial charge in [0, 0.05) is 5.92 Å². The summed E-state index contributed by atoms with van der Waals surface area (Å²) in [4.78, 5) is 10.6. The number of rotatable bonds is 4. The molecule has 1 amide bonds. The first-order valence-corrected chi connectivity index (χ1v) is 3.96. The van der Waals surface area contributed by atoms with E-state index in [4.69, 9.17) is 5.73 Å². The number of hydrogen-bond acceptors (Lipinski definition) is 1. The molecule has 0 bridgehead atoms. The minimum atomic E-state index is -0.202. The van der Waals surface area contributed by atoms with Crippen molar-refractivity contribution in [2.75, 3.05) is 0 Å². The smallest absolute Gasteiger partial charge is 0.220 e. The number of carbonyl (C=O) groups excluding carboxylic acids is 1. The quantitative estimate of drug-likeness (QED) is 0.618. The van der Waals surface area contributed by atoms with Gasteiger partial charge in [0.1, 0.15) is 0 Å². The average Bonchev–Trinajstić information content (AvgIpc) is 1.86. The molecule has 0 aliphatic heterocycles. The summed E-state index contributed by atoms with van der Waals surface area (Å²) in [5.41, 5.74) is 6.39. The number of primary amides is 1. The van der Waals surface area contributed by atoms with Crippen molar-refractivity contribution in [3.05, 3.63) is 11.6 Å². The van der Waals surface area contributed by atoms with E-state index in [0.29, 0.717) is 0 Å². The van der Waals surface area contributed by atoms with Crippen LogP contribution in [0.2, 0.25) is 0 Å². The molecule has 0 radical (unpaired) electrons. The van der Waals surface area contributed by atoms with E-state index in [1.807, 2.05) is 6.92 Å². The minimum Gasteiger partial charge on any atom is -0.369 e. The zero-order valence-corrected chi connectivity index (χ0v) is 7.55. The lowest BCUT2D eigenvalue weighted by molar-refractivity contribution is -0.121. The number of allylic oxidation sites excluding steroid dienone is 2. The Hall–Kier alpha value is -0.790. The van der Waals surface area contributed by atoms with E-state index >= 15 is 0 Å². The van der Waals surface area contributed by atoms with Gasteiger partial charge in [0.05, 0.1) is 0 Å². The van der Waals surface area contributed by atoms with Crippen molar-refractivity contribution in [2.45, 2.75) is 33.6 Å². The summed E-state index contributed by atoms with van der Waals surface area (Å²) in [6.07, 6.45) is 3.94. The molecule has 0 aromatic carbocycles. The standard InChI is InChI=1S/C9H17NO/c1-7(2)5-4-6-8(3)9(10)11/h5,8H,4,6H2,1-3H3,(H2,10,11). The molecule has 0 spiro atoms. The topological polar surface area (TPSA) is 43.1 Å². The summed E-state index contributed by atoms with van der Waals surface area (Å²) < 4.78 is 0. The van der Waals surface area contributed by atoms with Gasteiger partial charge >= 0.3 is 0 Å². The van der Waals surface area contributed by atoms with E-state index in [-0.39, 0.29) is 11.8 Å². The molecule has 0 saturated carbocycles. The Kier molecular flexibility index (Phi) is 4.59. The molecule has 64 valence electrons. The summed E-state index contributed by atoms with van der Waals surface area (Å²) >= 11 is 0. The second kappa shape index (κ2) is 4.94. The molecule has 0 heterocycles. The van der Waals surface area contributed by atoms with Crippen LogP contribution in [0.3, 0.4) is 0 Å². The maximum absolute atomic E-state index is 10.6. The van der Waals surface area contributed by atoms with Crippen molar-refractivity contribution in [1.82, 2.24) is 0 Å². The van der Waals surface area contributed by atoms with Crippen LogP contribution in [-0.4, -0.2) is 5.91 Å². The monoisotopic (exact) mass is 155 g/mol. The summed E-state index contributed by atoms with van der Waals surface area (Å²) in [6.45, 7) is 5.96. The molecular formula is C9H17NO. The van der Waals surface area contributed by atoms with Crippen LogP contribution in [0, 0.1) is 5.92 Å². The van der Waals surface area contributed by atoms with Gasteiger partial charge in [-0.3, -0.25) is 4.79 Å². The molecule has 0 rings (SSSR count). The Morgan fingerprint density at radius 3 is 2.45 bits per heavy atom. The normalized spacial score (nSPS) is 12.3. The summed E-state index contributed by atoms with van der Waals surface area (Å²) in [5, 5.41) is 0. The minimum absolute atomic E-state index is 0.00519. The Balaban J connectivity index is 3.55. The molecule has 11 heavy (non-hydrogen) atoms. The van der Waals surface area contributed by atoms with Crippen molar-refractivity contribution < 1.29 is 4.79 Å². The van der Waals surface area contributed by atoms with Gasteiger partial charge in [0.25, 0.3) is 0 Å². The van der Waals surface area contributed by atoms with E-state index < -0.39 is 0 Å². The summed E-state index contributed by atoms with van der Waals surface area (Å²) in [6, 6.07) is 0. The lowest BCUT2D eigenvalue weighted by Gasteiger charge is -2.03. The van der Waals surface area contributed by atoms with Crippen LogP contribution >= 0.6 is 0 Å². The highest BCUT2D eigenvalue weighted by molar-refractivity contribution is 5.76. The van der Waals surface area contributed by atoms with Gasteiger partial charge in [0.15, 0.2) is 0 Å². The van der Waals surface area contributed by atoms with Crippen molar-refractivity contribution in [3.63, 3.8) is 0 Å². The fraction of sp³-hybridized carbons (Fsp3) is 0.667. The number of nitrogens with two attached hydrogens (primary N) is 1. The molecular weight excluding hydrogens is 138 g/mol. The summed E-state index contributed by atoms with van der Waals surface area (Å²) in [7, 11) is 0. The van der Waals surface area contributed by atoms with Crippen molar-refractivity contribution in [3.8, 4) is 0 Å². The van der Waals surface area contributed by atoms with Crippen LogP contribution in [0.25, 0.3) is 0 Å². The molecule has 0 aliphatic carbocycles. The Morgan fingerprint density at radius 2 is 2.09 bits per heavy atom. The molecule has 0 saturated heterocycles. The first-order valence-electron chi connectivity index (χ1n) is 3.96. The van der Waals surface area contributed by atoms with Crippen LogP contribution in [0.1, 0.15) is 33.6 Å². The van der Waals surface area contributed by atoms with E-state index in [0.717, 1.165) is 12.8 Å². The zero-order chi connectivity index (χ0) is 8.85. The Bertz CT molecular complexity index is 157. The molecule has 0 aromatic rings. The molecule has 0 aliphatic rings. The van der Waals surface area contributed by atoms with E-state index in [1.165, 1.54) is 5.57 Å². The highest BCUT2D eigenvalue weighted by atomic mass is 16.1. The molecule has 2 nitrogen and oxygen atoms in total. The second-order valence-corrected chi connectivity index (χ2v) is 3.16. The predicted octanol–water partition coefficient (Wildman–Crippen LogP) is 1.85. The number of carbonyl (C=O) groups is 1. The highest BCUT2D eigenvalue weighted by Gasteiger charge is 2.05. The van der Waals surface area contributed by atoms with Gasteiger partial charge in [-0.05, 0) is 26.7 Å². The van der Waals surface area contributed by atoms with Gasteiger partial charge in [-0.25, -0.2) is 0 Å². The zero-order valence-electron chi connectivity index (χ0n) is 7.55. The second-order valence-electron chi connectivity index (χ2n) is 3.16. The third kappa shape index (κ3) is 5.64. The molecule has 1 atom stereocenters. The van der Waals surface area contributed by atoms with Gasteiger partial charge in [-0.15, -0.1) is 0 Å². The fourth-order valence-corrected chi connectivity index (χ4v) is 0.764. The first-order chi connectivity index (χ1) is 5.04. The average molecular weight is 155 g/mol. The molecule has 0 fully saturated rings. The fourth-order valence-electron chi connectivity index (χ4n) is 0.764. The summed E-state index contributed by atoms with van der Waals surface area (Å²) in [5.74, 6) is -0.197. The third-order valence-electron chi connectivity index (χ3n) is 1.64. The first kappa shape index (κ1) is 10.2. The largest absolute Gasteiger partial charge is 0.369 e. The number of amides is 1. The van der Waals surface area contributed by atoms with E-state index in [9.17, 15) is 4.79 Å². The third-order valence-corrected chi connectivity index (χ3v) is 1.64. The van der Waals surface area contributed by atoms with Crippen molar-refractivity contribution >= 4 is 5.91 Å². The number of hydrogen-bond donors (Lipinski definition) is 1. The van der Waals surface area contributed by atoms with Gasteiger partial charge < -0.3 is 5.73 Å². The molecule has 2 N–H and O–H groups in total. The van der Waals surface area contributed by atoms with Crippen LogP contribution in [0.15, 0.2) is 11.6 Å². The van der Waals surface area contributed by atoms with Gasteiger partial charge in [0.2, 0.25) is 5.91 Å². The van der Waals surface area contributed by atoms with E-state index in [2.05, 4.69) is 19.9 Å². The van der Waals surface area contributed by atoms with Crippen LogP contribution < -0.4 is 5.73 Å². The highest BCUT2D eigenvalue weighted by Crippen LogP contribution is 2.06. The van der Waals surface area contributed by atoms with Crippen molar-refractivity contribution in [2.24, 2.45) is 11.7 Å². The molecule has 2 heteroatoms. The van der Waals surface area contributed by atoms with Crippen LogP contribution in [0.4, 0.5) is 0 Å². The Morgan fingerprint density at radius 1 is 1.55 bits per heavy atom. The van der Waals surface area contributed by atoms with Gasteiger partial charge in [-0.1, -0.05) is 18.6 Å². The predicted molar refractivity (Wildman–Crippen MR) is 47.0 cm³/mol.